The third-order valence-corrected chi connectivity index (χ3v) is 7.39. The quantitative estimate of drug-likeness (QED) is 0.841. The molecular formula is C13H26N2O2S2. The second-order valence-electron chi connectivity index (χ2n) is 6.27. The summed E-state index contributed by atoms with van der Waals surface area (Å²) in [6.45, 7) is 8.42. The SMILES string of the molecule is CC(C)C1(CN2CCSCC2S(C)(=O)=O)CCNC1. The molecule has 0 aromatic carbocycles. The molecule has 2 atom stereocenters. The van der Waals surface area contributed by atoms with Gasteiger partial charge in [-0.05, 0) is 24.3 Å². The molecule has 4 nitrogen and oxygen atoms in total. The molecule has 0 amide bonds. The molecule has 2 aliphatic heterocycles. The van der Waals surface area contributed by atoms with Crippen molar-refractivity contribution in [2.45, 2.75) is 25.6 Å². The summed E-state index contributed by atoms with van der Waals surface area (Å²) in [6, 6.07) is 0. The standard InChI is InChI=1S/C13H26N2O2S2/c1-11(2)13(4-5-14-9-13)10-15-6-7-18-8-12(15)19(3,16)17/h11-12,14H,4-10H2,1-3H3. The van der Waals surface area contributed by atoms with E-state index in [9.17, 15) is 8.42 Å². The average Bonchev–Trinajstić information content (AvgIpc) is 2.78. The summed E-state index contributed by atoms with van der Waals surface area (Å²) < 4.78 is 23.9. The first-order valence-electron chi connectivity index (χ1n) is 7.06. The first-order chi connectivity index (χ1) is 8.85. The van der Waals surface area contributed by atoms with Crippen LogP contribution in [0.25, 0.3) is 0 Å². The summed E-state index contributed by atoms with van der Waals surface area (Å²) in [6.07, 6.45) is 2.54. The minimum absolute atomic E-state index is 0.241. The molecule has 2 aliphatic rings. The number of hydrogen-bond donors (Lipinski definition) is 1. The minimum atomic E-state index is -2.98. The summed E-state index contributed by atoms with van der Waals surface area (Å²) in [5, 5.41) is 3.17. The topological polar surface area (TPSA) is 49.4 Å². The van der Waals surface area contributed by atoms with Crippen LogP contribution in [0.4, 0.5) is 0 Å². The van der Waals surface area contributed by atoms with Crippen LogP contribution < -0.4 is 5.32 Å². The van der Waals surface area contributed by atoms with Crippen LogP contribution in [0, 0.1) is 11.3 Å². The summed E-state index contributed by atoms with van der Waals surface area (Å²) in [4.78, 5) is 2.22. The van der Waals surface area contributed by atoms with Crippen molar-refractivity contribution < 1.29 is 8.42 Å². The summed E-state index contributed by atoms with van der Waals surface area (Å²) in [7, 11) is -2.98. The zero-order chi connectivity index (χ0) is 14.1. The maximum Gasteiger partial charge on any atom is 0.164 e. The summed E-state index contributed by atoms with van der Waals surface area (Å²) >= 11 is 1.76. The highest BCUT2D eigenvalue weighted by atomic mass is 32.2. The fourth-order valence-electron chi connectivity index (χ4n) is 3.17. The van der Waals surface area contributed by atoms with Crippen molar-refractivity contribution in [1.82, 2.24) is 10.2 Å². The largest absolute Gasteiger partial charge is 0.316 e. The van der Waals surface area contributed by atoms with Gasteiger partial charge in [-0.1, -0.05) is 13.8 Å². The third kappa shape index (κ3) is 3.46. The lowest BCUT2D eigenvalue weighted by molar-refractivity contribution is 0.115. The first kappa shape index (κ1) is 15.6. The highest BCUT2D eigenvalue weighted by Gasteiger charge is 2.42. The Kier molecular flexibility index (Phi) is 4.86. The molecule has 2 unspecified atom stereocenters. The maximum absolute atomic E-state index is 12.0. The Labute approximate surface area is 121 Å². The van der Waals surface area contributed by atoms with Crippen LogP contribution >= 0.6 is 11.8 Å². The van der Waals surface area contributed by atoms with Gasteiger partial charge in [-0.3, -0.25) is 4.90 Å². The van der Waals surface area contributed by atoms with Crippen molar-refractivity contribution in [3.8, 4) is 0 Å². The molecule has 0 radical (unpaired) electrons. The molecule has 2 heterocycles. The van der Waals surface area contributed by atoms with Crippen LogP contribution in [-0.2, 0) is 9.84 Å². The maximum atomic E-state index is 12.0. The van der Waals surface area contributed by atoms with Gasteiger partial charge in [0.05, 0.1) is 0 Å². The predicted molar refractivity (Wildman–Crippen MR) is 82.3 cm³/mol. The lowest BCUT2D eigenvalue weighted by Gasteiger charge is -2.42. The molecule has 2 fully saturated rings. The molecule has 0 aromatic rings. The molecule has 2 rings (SSSR count). The molecular weight excluding hydrogens is 280 g/mol. The van der Waals surface area contributed by atoms with E-state index in [1.54, 1.807) is 11.8 Å². The van der Waals surface area contributed by atoms with Crippen molar-refractivity contribution >= 4 is 21.6 Å². The highest BCUT2D eigenvalue weighted by molar-refractivity contribution is 8.00. The minimum Gasteiger partial charge on any atom is -0.316 e. The Morgan fingerprint density at radius 2 is 2.21 bits per heavy atom. The van der Waals surface area contributed by atoms with Gasteiger partial charge in [0.2, 0.25) is 0 Å². The van der Waals surface area contributed by atoms with Gasteiger partial charge in [0, 0.05) is 37.4 Å². The number of thioether (sulfide) groups is 1. The van der Waals surface area contributed by atoms with Crippen molar-refractivity contribution in [3.63, 3.8) is 0 Å². The van der Waals surface area contributed by atoms with E-state index >= 15 is 0 Å². The van der Waals surface area contributed by atoms with E-state index in [1.165, 1.54) is 6.26 Å². The lowest BCUT2D eigenvalue weighted by Crippen LogP contribution is -2.52. The van der Waals surface area contributed by atoms with Gasteiger partial charge in [0.15, 0.2) is 9.84 Å². The number of nitrogens with zero attached hydrogens (tertiary/aromatic N) is 1. The van der Waals surface area contributed by atoms with E-state index in [0.29, 0.717) is 5.92 Å². The molecule has 112 valence electrons. The van der Waals surface area contributed by atoms with Gasteiger partial charge >= 0.3 is 0 Å². The molecule has 0 aromatic heterocycles. The molecule has 1 N–H and O–H groups in total. The van der Waals surface area contributed by atoms with Crippen molar-refractivity contribution in [2.75, 3.05) is 43.9 Å². The highest BCUT2D eigenvalue weighted by Crippen LogP contribution is 2.36. The second kappa shape index (κ2) is 5.92. The van der Waals surface area contributed by atoms with Gasteiger partial charge in [-0.2, -0.15) is 11.8 Å². The van der Waals surface area contributed by atoms with Crippen LogP contribution in [0.3, 0.4) is 0 Å². The van der Waals surface area contributed by atoms with E-state index in [-0.39, 0.29) is 10.8 Å². The van der Waals surface area contributed by atoms with Gasteiger partial charge in [0.25, 0.3) is 0 Å². The first-order valence-corrected chi connectivity index (χ1v) is 10.2. The predicted octanol–water partition coefficient (Wildman–Crippen LogP) is 1.04. The zero-order valence-corrected chi connectivity index (χ0v) is 13.8. The number of sulfone groups is 1. The molecule has 0 aliphatic carbocycles. The number of nitrogens with one attached hydrogen (secondary N) is 1. The van der Waals surface area contributed by atoms with Crippen LogP contribution in [-0.4, -0.2) is 62.6 Å². The normalized spacial score (nSPS) is 34.0. The van der Waals surface area contributed by atoms with Crippen LogP contribution in [0.15, 0.2) is 0 Å². The number of hydrogen-bond acceptors (Lipinski definition) is 5. The average molecular weight is 306 g/mol. The van der Waals surface area contributed by atoms with E-state index < -0.39 is 9.84 Å². The lowest BCUT2D eigenvalue weighted by atomic mass is 9.76. The number of rotatable bonds is 4. The molecule has 2 saturated heterocycles. The van der Waals surface area contributed by atoms with E-state index in [1.807, 2.05) is 0 Å². The van der Waals surface area contributed by atoms with E-state index in [0.717, 1.165) is 44.1 Å². The summed E-state index contributed by atoms with van der Waals surface area (Å²) in [5.74, 6) is 2.35. The van der Waals surface area contributed by atoms with Crippen LogP contribution in [0.1, 0.15) is 20.3 Å². The zero-order valence-electron chi connectivity index (χ0n) is 12.2. The Morgan fingerprint density at radius 3 is 2.74 bits per heavy atom. The molecule has 0 spiro atoms. The summed E-state index contributed by atoms with van der Waals surface area (Å²) in [5.41, 5.74) is 0.241. The smallest absolute Gasteiger partial charge is 0.164 e. The third-order valence-electron chi connectivity index (χ3n) is 4.70. The monoisotopic (exact) mass is 306 g/mol. The van der Waals surface area contributed by atoms with Gasteiger partial charge < -0.3 is 5.32 Å². The van der Waals surface area contributed by atoms with Gasteiger partial charge in [0.1, 0.15) is 5.37 Å². The fraction of sp³-hybridized carbons (Fsp3) is 1.00. The van der Waals surface area contributed by atoms with Gasteiger partial charge in [-0.15, -0.1) is 0 Å². The van der Waals surface area contributed by atoms with E-state index in [2.05, 4.69) is 24.1 Å². The van der Waals surface area contributed by atoms with Crippen molar-refractivity contribution in [3.05, 3.63) is 0 Å². The Morgan fingerprint density at radius 1 is 1.47 bits per heavy atom. The molecule has 0 bridgehead atoms. The second-order valence-corrected chi connectivity index (χ2v) is 9.63. The van der Waals surface area contributed by atoms with Crippen LogP contribution in [0.5, 0.6) is 0 Å². The van der Waals surface area contributed by atoms with Crippen LogP contribution in [0.2, 0.25) is 0 Å². The van der Waals surface area contributed by atoms with Crippen molar-refractivity contribution in [2.24, 2.45) is 11.3 Å². The Balaban J connectivity index is 2.15. The van der Waals surface area contributed by atoms with Crippen molar-refractivity contribution in [1.29, 1.82) is 0 Å². The molecule has 19 heavy (non-hydrogen) atoms. The Hall–Kier alpha value is 0.220. The van der Waals surface area contributed by atoms with Gasteiger partial charge in [-0.25, -0.2) is 8.42 Å². The van der Waals surface area contributed by atoms with E-state index in [4.69, 9.17) is 0 Å². The molecule has 0 saturated carbocycles. The Bertz CT molecular complexity index is 403. The molecule has 6 heteroatoms. The fourth-order valence-corrected chi connectivity index (χ4v) is 6.11.